The summed E-state index contributed by atoms with van der Waals surface area (Å²) >= 11 is 0. The summed E-state index contributed by atoms with van der Waals surface area (Å²) in [5.41, 5.74) is 2.29. The van der Waals surface area contributed by atoms with Gasteiger partial charge in [0.15, 0.2) is 0 Å². The number of rotatable bonds is 6. The largest absolute Gasteiger partial charge is 0.490 e. The zero-order chi connectivity index (χ0) is 16.9. The van der Waals surface area contributed by atoms with E-state index in [2.05, 4.69) is 31.2 Å². The normalized spacial score (nSPS) is 16.8. The highest BCUT2D eigenvalue weighted by Crippen LogP contribution is 2.35. The lowest BCUT2D eigenvalue weighted by molar-refractivity contribution is -0.130. The van der Waals surface area contributed by atoms with Gasteiger partial charge in [-0.3, -0.25) is 10.4 Å². The minimum Gasteiger partial charge on any atom is -0.490 e. The van der Waals surface area contributed by atoms with Gasteiger partial charge in [0.1, 0.15) is 30.1 Å². The van der Waals surface area contributed by atoms with Crippen LogP contribution in [0.3, 0.4) is 0 Å². The van der Waals surface area contributed by atoms with E-state index >= 15 is 0 Å². The van der Waals surface area contributed by atoms with Crippen molar-refractivity contribution < 1.29 is 13.9 Å². The second-order valence-electron chi connectivity index (χ2n) is 6.52. The van der Waals surface area contributed by atoms with Crippen LogP contribution in [0.4, 0.5) is 4.39 Å². The molecule has 126 valence electrons. The summed E-state index contributed by atoms with van der Waals surface area (Å²) in [5.74, 6) is 0.328. The fraction of sp³-hybridized carbons (Fsp3) is 0.471. The SMILES string of the molecule is COC(COc1ccc(F)cc1)(CN1C=CN=CN1)C(C)(C)C. The number of benzene rings is 1. The lowest BCUT2D eigenvalue weighted by Gasteiger charge is -2.45. The summed E-state index contributed by atoms with van der Waals surface area (Å²) < 4.78 is 24.8. The van der Waals surface area contributed by atoms with E-state index in [0.717, 1.165) is 0 Å². The van der Waals surface area contributed by atoms with Crippen molar-refractivity contribution in [3.8, 4) is 5.75 Å². The molecule has 1 heterocycles. The van der Waals surface area contributed by atoms with Gasteiger partial charge in [0.05, 0.1) is 6.54 Å². The molecule has 0 spiro atoms. The summed E-state index contributed by atoms with van der Waals surface area (Å²) in [6.07, 6.45) is 5.17. The molecule has 0 saturated heterocycles. The Morgan fingerprint density at radius 2 is 1.91 bits per heavy atom. The summed E-state index contributed by atoms with van der Waals surface area (Å²) in [6.45, 7) is 7.21. The molecule has 0 aromatic heterocycles. The van der Waals surface area contributed by atoms with Crippen LogP contribution in [-0.4, -0.2) is 37.2 Å². The lowest BCUT2D eigenvalue weighted by atomic mass is 9.76. The van der Waals surface area contributed by atoms with Crippen molar-refractivity contribution in [3.63, 3.8) is 0 Å². The van der Waals surface area contributed by atoms with E-state index in [1.807, 2.05) is 11.2 Å². The maximum Gasteiger partial charge on any atom is 0.126 e. The second-order valence-corrected chi connectivity index (χ2v) is 6.52. The predicted molar refractivity (Wildman–Crippen MR) is 88.6 cm³/mol. The first-order valence-corrected chi connectivity index (χ1v) is 7.51. The Balaban J connectivity index is 2.13. The van der Waals surface area contributed by atoms with E-state index in [-0.39, 0.29) is 11.2 Å². The third kappa shape index (κ3) is 4.22. The fourth-order valence-corrected chi connectivity index (χ4v) is 2.35. The number of hydrogen-bond acceptors (Lipinski definition) is 5. The van der Waals surface area contributed by atoms with Crippen LogP contribution in [-0.2, 0) is 4.74 Å². The quantitative estimate of drug-likeness (QED) is 0.875. The average molecular weight is 321 g/mol. The van der Waals surface area contributed by atoms with Crippen LogP contribution in [0, 0.1) is 11.2 Å². The van der Waals surface area contributed by atoms with Crippen molar-refractivity contribution >= 4 is 6.34 Å². The van der Waals surface area contributed by atoms with Crippen LogP contribution in [0.5, 0.6) is 5.75 Å². The zero-order valence-electron chi connectivity index (χ0n) is 14.0. The molecule has 0 amide bonds. The van der Waals surface area contributed by atoms with Crippen molar-refractivity contribution in [1.82, 2.24) is 10.4 Å². The molecular weight excluding hydrogens is 297 g/mol. The molecule has 1 N–H and O–H groups in total. The summed E-state index contributed by atoms with van der Waals surface area (Å²) in [4.78, 5) is 3.98. The van der Waals surface area contributed by atoms with Crippen LogP contribution < -0.4 is 10.2 Å². The van der Waals surface area contributed by atoms with Crippen molar-refractivity contribution in [1.29, 1.82) is 0 Å². The van der Waals surface area contributed by atoms with Gasteiger partial charge in [0.2, 0.25) is 0 Å². The Labute approximate surface area is 136 Å². The summed E-state index contributed by atoms with van der Waals surface area (Å²) in [6, 6.07) is 5.99. The molecule has 1 aliphatic heterocycles. The molecule has 0 aliphatic carbocycles. The van der Waals surface area contributed by atoms with E-state index in [9.17, 15) is 4.39 Å². The van der Waals surface area contributed by atoms with Gasteiger partial charge in [-0.05, 0) is 29.7 Å². The van der Waals surface area contributed by atoms with Gasteiger partial charge in [0.25, 0.3) is 0 Å². The Hall–Kier alpha value is -2.08. The third-order valence-electron chi connectivity index (χ3n) is 4.10. The molecule has 5 nitrogen and oxygen atoms in total. The van der Waals surface area contributed by atoms with E-state index in [0.29, 0.717) is 18.9 Å². The Morgan fingerprint density at radius 3 is 2.43 bits per heavy atom. The van der Waals surface area contributed by atoms with Crippen LogP contribution in [0.15, 0.2) is 41.7 Å². The number of aliphatic imine (C=N–C) groups is 1. The van der Waals surface area contributed by atoms with Gasteiger partial charge in [-0.1, -0.05) is 20.8 Å². The van der Waals surface area contributed by atoms with Gasteiger partial charge >= 0.3 is 0 Å². The number of nitrogens with zero attached hydrogens (tertiary/aromatic N) is 2. The highest BCUT2D eigenvalue weighted by molar-refractivity contribution is 5.55. The molecule has 0 radical (unpaired) electrons. The molecule has 2 rings (SSSR count). The van der Waals surface area contributed by atoms with Crippen molar-refractivity contribution in [2.45, 2.75) is 26.4 Å². The lowest BCUT2D eigenvalue weighted by Crippen LogP contribution is -2.58. The average Bonchev–Trinajstić information content (AvgIpc) is 2.53. The van der Waals surface area contributed by atoms with E-state index in [1.54, 1.807) is 31.8 Å². The number of ether oxygens (including phenoxy) is 2. The second kappa shape index (κ2) is 7.00. The van der Waals surface area contributed by atoms with Crippen LogP contribution in [0.2, 0.25) is 0 Å². The maximum absolute atomic E-state index is 13.0. The standard InChI is InChI=1S/C17H24FN3O2/c1-16(2,3)17(22-4,11-21-10-9-19-13-20-21)12-23-15-7-5-14(18)6-8-15/h5-10,13H,11-12H2,1-4H3,(H,19,20). The zero-order valence-corrected chi connectivity index (χ0v) is 14.0. The van der Waals surface area contributed by atoms with Crippen LogP contribution in [0.1, 0.15) is 20.8 Å². The molecule has 1 aliphatic rings. The van der Waals surface area contributed by atoms with Crippen LogP contribution >= 0.6 is 0 Å². The third-order valence-corrected chi connectivity index (χ3v) is 4.10. The van der Waals surface area contributed by atoms with Crippen molar-refractivity contribution in [2.75, 3.05) is 20.3 Å². The number of hydrogen-bond donors (Lipinski definition) is 1. The molecule has 0 fully saturated rings. The molecule has 0 bridgehead atoms. The van der Waals surface area contributed by atoms with E-state index in [1.165, 1.54) is 12.1 Å². The number of halogens is 1. The molecule has 1 atom stereocenters. The monoisotopic (exact) mass is 321 g/mol. The van der Waals surface area contributed by atoms with Crippen molar-refractivity contribution in [3.05, 3.63) is 42.5 Å². The van der Waals surface area contributed by atoms with E-state index < -0.39 is 5.60 Å². The topological polar surface area (TPSA) is 46.1 Å². The van der Waals surface area contributed by atoms with Gasteiger partial charge < -0.3 is 9.47 Å². The van der Waals surface area contributed by atoms with Gasteiger partial charge in [-0.15, -0.1) is 0 Å². The minimum absolute atomic E-state index is 0.189. The molecule has 23 heavy (non-hydrogen) atoms. The maximum atomic E-state index is 13.0. The Kier molecular flexibility index (Phi) is 5.26. The summed E-state index contributed by atoms with van der Waals surface area (Å²) in [5, 5.41) is 1.90. The number of nitrogens with one attached hydrogen (secondary N) is 1. The van der Waals surface area contributed by atoms with E-state index in [4.69, 9.17) is 9.47 Å². The molecule has 1 unspecified atom stereocenters. The first-order chi connectivity index (χ1) is 10.9. The van der Waals surface area contributed by atoms with Gasteiger partial charge in [0, 0.05) is 19.5 Å². The fourth-order valence-electron chi connectivity index (χ4n) is 2.35. The molecule has 1 aromatic rings. The molecule has 0 saturated carbocycles. The molecular formula is C17H24FN3O2. The Morgan fingerprint density at radius 1 is 1.22 bits per heavy atom. The number of methoxy groups -OCH3 is 1. The van der Waals surface area contributed by atoms with Gasteiger partial charge in [-0.2, -0.15) is 0 Å². The number of hydrazine groups is 1. The van der Waals surface area contributed by atoms with Gasteiger partial charge in [-0.25, -0.2) is 9.38 Å². The highest BCUT2D eigenvalue weighted by Gasteiger charge is 2.44. The highest BCUT2D eigenvalue weighted by atomic mass is 19.1. The first-order valence-electron chi connectivity index (χ1n) is 7.51. The smallest absolute Gasteiger partial charge is 0.126 e. The molecule has 6 heteroatoms. The van der Waals surface area contributed by atoms with Crippen molar-refractivity contribution in [2.24, 2.45) is 10.4 Å². The summed E-state index contributed by atoms with van der Waals surface area (Å²) in [7, 11) is 1.68. The van der Waals surface area contributed by atoms with Crippen LogP contribution in [0.25, 0.3) is 0 Å². The Bertz CT molecular complexity index is 566. The first kappa shape index (κ1) is 17.3. The molecule has 1 aromatic carbocycles. The minimum atomic E-state index is -0.579. The predicted octanol–water partition coefficient (Wildman–Crippen LogP) is 2.96.